The molecule has 1 aromatic carbocycles. The predicted molar refractivity (Wildman–Crippen MR) is 96.4 cm³/mol. The second kappa shape index (κ2) is 6.81. The molecule has 3 nitrogen and oxygen atoms in total. The van der Waals surface area contributed by atoms with E-state index < -0.39 is 0 Å². The van der Waals surface area contributed by atoms with E-state index in [9.17, 15) is 0 Å². The molecular formula is C20H27N3. The van der Waals surface area contributed by atoms with Gasteiger partial charge in [0.25, 0.3) is 0 Å². The van der Waals surface area contributed by atoms with Gasteiger partial charge in [0.15, 0.2) is 0 Å². The number of nitrogens with zero attached hydrogens (tertiary/aromatic N) is 2. The van der Waals surface area contributed by atoms with Crippen molar-refractivity contribution in [3.63, 3.8) is 0 Å². The number of rotatable bonds is 3. The van der Waals surface area contributed by atoms with Crippen LogP contribution in [0.25, 0.3) is 11.3 Å². The average Bonchev–Trinajstić information content (AvgIpc) is 2.54. The van der Waals surface area contributed by atoms with Gasteiger partial charge in [-0.3, -0.25) is 9.88 Å². The van der Waals surface area contributed by atoms with Crippen LogP contribution in [0.4, 0.5) is 0 Å². The van der Waals surface area contributed by atoms with Crippen molar-refractivity contribution in [1.29, 1.82) is 0 Å². The first-order valence-electron chi connectivity index (χ1n) is 8.54. The Morgan fingerprint density at radius 2 is 1.74 bits per heavy atom. The molecule has 3 heteroatoms. The number of hydrogen-bond acceptors (Lipinski definition) is 3. The number of aromatic nitrogens is 1. The topological polar surface area (TPSA) is 42.1 Å². The summed E-state index contributed by atoms with van der Waals surface area (Å²) in [6.45, 7) is 9.72. The van der Waals surface area contributed by atoms with Crippen LogP contribution in [-0.2, 0) is 6.54 Å². The van der Waals surface area contributed by atoms with E-state index in [1.54, 1.807) is 0 Å². The van der Waals surface area contributed by atoms with Crippen LogP contribution >= 0.6 is 0 Å². The molecule has 2 N–H and O–H groups in total. The first-order valence-corrected chi connectivity index (χ1v) is 8.54. The fraction of sp³-hybridized carbons (Fsp3) is 0.450. The molecular weight excluding hydrogens is 282 g/mol. The maximum atomic E-state index is 5.99. The van der Waals surface area contributed by atoms with Gasteiger partial charge in [-0.25, -0.2) is 0 Å². The largest absolute Gasteiger partial charge is 0.328 e. The lowest BCUT2D eigenvalue weighted by Crippen LogP contribution is -2.39. The molecule has 0 atom stereocenters. The maximum Gasteiger partial charge on any atom is 0.0705 e. The average molecular weight is 309 g/mol. The lowest BCUT2D eigenvalue weighted by molar-refractivity contribution is 0.205. The van der Waals surface area contributed by atoms with Gasteiger partial charge < -0.3 is 5.73 Å². The van der Waals surface area contributed by atoms with Crippen molar-refractivity contribution in [2.24, 2.45) is 5.73 Å². The standard InChI is InChI=1S/C20H27N3/c1-14-10-18(11-15(2)16(14)3)20-12-17(4-7-22-20)13-23-8-5-19(21)6-9-23/h4,7,10-12,19H,5-6,8-9,13,21H2,1-3H3. The van der Waals surface area contributed by atoms with E-state index in [1.165, 1.54) is 27.8 Å². The number of benzene rings is 1. The minimum atomic E-state index is 0.387. The fourth-order valence-corrected chi connectivity index (χ4v) is 3.28. The highest BCUT2D eigenvalue weighted by Crippen LogP contribution is 2.24. The second-order valence-corrected chi connectivity index (χ2v) is 6.90. The zero-order valence-corrected chi connectivity index (χ0v) is 14.5. The van der Waals surface area contributed by atoms with Crippen LogP contribution < -0.4 is 5.73 Å². The number of piperidine rings is 1. The van der Waals surface area contributed by atoms with E-state index in [2.05, 4.69) is 54.9 Å². The first kappa shape index (κ1) is 16.2. The van der Waals surface area contributed by atoms with E-state index in [-0.39, 0.29) is 0 Å². The molecule has 23 heavy (non-hydrogen) atoms. The lowest BCUT2D eigenvalue weighted by Gasteiger charge is -2.30. The molecule has 0 amide bonds. The summed E-state index contributed by atoms with van der Waals surface area (Å²) in [7, 11) is 0. The third-order valence-corrected chi connectivity index (χ3v) is 5.09. The van der Waals surface area contributed by atoms with Crippen molar-refractivity contribution < 1.29 is 0 Å². The molecule has 122 valence electrons. The summed E-state index contributed by atoms with van der Waals surface area (Å²) < 4.78 is 0. The normalized spacial score (nSPS) is 16.7. The molecule has 0 aliphatic carbocycles. The van der Waals surface area contributed by atoms with Gasteiger partial charge in [0.05, 0.1) is 5.69 Å². The van der Waals surface area contributed by atoms with Crippen LogP contribution in [0.15, 0.2) is 30.5 Å². The van der Waals surface area contributed by atoms with Crippen molar-refractivity contribution in [2.75, 3.05) is 13.1 Å². The third kappa shape index (κ3) is 3.80. The Hall–Kier alpha value is -1.71. The van der Waals surface area contributed by atoms with Gasteiger partial charge in [0.2, 0.25) is 0 Å². The Morgan fingerprint density at radius 3 is 2.39 bits per heavy atom. The van der Waals surface area contributed by atoms with Crippen LogP contribution in [-0.4, -0.2) is 29.0 Å². The molecule has 1 aliphatic rings. The van der Waals surface area contributed by atoms with Gasteiger partial charge in [-0.2, -0.15) is 0 Å². The number of pyridine rings is 1. The maximum absolute atomic E-state index is 5.99. The van der Waals surface area contributed by atoms with Gasteiger partial charge in [0, 0.05) is 24.3 Å². The molecule has 2 aromatic rings. The van der Waals surface area contributed by atoms with Gasteiger partial charge >= 0.3 is 0 Å². The monoisotopic (exact) mass is 309 g/mol. The van der Waals surface area contributed by atoms with Crippen LogP contribution in [0.5, 0.6) is 0 Å². The predicted octanol–water partition coefficient (Wildman–Crippen LogP) is 3.60. The number of hydrogen-bond donors (Lipinski definition) is 1. The van der Waals surface area contributed by atoms with Crippen LogP contribution in [0.1, 0.15) is 35.1 Å². The quantitative estimate of drug-likeness (QED) is 0.942. The van der Waals surface area contributed by atoms with E-state index in [1.807, 2.05) is 6.20 Å². The Bertz CT molecular complexity index is 662. The number of likely N-dealkylation sites (tertiary alicyclic amines) is 1. The Kier molecular flexibility index (Phi) is 4.79. The third-order valence-electron chi connectivity index (χ3n) is 5.09. The van der Waals surface area contributed by atoms with E-state index in [4.69, 9.17) is 5.73 Å². The molecule has 3 rings (SSSR count). The molecule has 0 spiro atoms. The van der Waals surface area contributed by atoms with Gasteiger partial charge in [-0.15, -0.1) is 0 Å². The van der Waals surface area contributed by atoms with E-state index >= 15 is 0 Å². The molecule has 0 unspecified atom stereocenters. The highest BCUT2D eigenvalue weighted by molar-refractivity contribution is 5.63. The molecule has 1 saturated heterocycles. The summed E-state index contributed by atoms with van der Waals surface area (Å²) in [6, 6.07) is 9.24. The summed E-state index contributed by atoms with van der Waals surface area (Å²) in [5.74, 6) is 0. The van der Waals surface area contributed by atoms with Crippen molar-refractivity contribution >= 4 is 0 Å². The summed E-state index contributed by atoms with van der Waals surface area (Å²) in [6.07, 6.45) is 4.15. The summed E-state index contributed by atoms with van der Waals surface area (Å²) in [5.41, 5.74) is 13.6. The lowest BCUT2D eigenvalue weighted by atomic mass is 9.98. The highest BCUT2D eigenvalue weighted by Gasteiger charge is 2.16. The zero-order valence-electron chi connectivity index (χ0n) is 14.5. The molecule has 1 aromatic heterocycles. The van der Waals surface area contributed by atoms with E-state index in [0.717, 1.165) is 38.2 Å². The highest BCUT2D eigenvalue weighted by atomic mass is 15.1. The Morgan fingerprint density at radius 1 is 1.09 bits per heavy atom. The minimum Gasteiger partial charge on any atom is -0.328 e. The van der Waals surface area contributed by atoms with Crippen LogP contribution in [0, 0.1) is 20.8 Å². The molecule has 0 radical (unpaired) electrons. The van der Waals surface area contributed by atoms with Gasteiger partial charge in [-0.05, 0) is 93.2 Å². The summed E-state index contributed by atoms with van der Waals surface area (Å²) in [5, 5.41) is 0. The molecule has 0 saturated carbocycles. The molecule has 1 fully saturated rings. The van der Waals surface area contributed by atoms with Gasteiger partial charge in [-0.1, -0.05) is 0 Å². The van der Waals surface area contributed by atoms with Crippen LogP contribution in [0.3, 0.4) is 0 Å². The van der Waals surface area contributed by atoms with Crippen LogP contribution in [0.2, 0.25) is 0 Å². The molecule has 1 aliphatic heterocycles. The van der Waals surface area contributed by atoms with Crippen molar-refractivity contribution in [2.45, 2.75) is 46.2 Å². The smallest absolute Gasteiger partial charge is 0.0705 e. The number of aryl methyl sites for hydroxylation is 2. The van der Waals surface area contributed by atoms with E-state index in [0.29, 0.717) is 6.04 Å². The Balaban J connectivity index is 1.80. The van der Waals surface area contributed by atoms with Crippen molar-refractivity contribution in [3.8, 4) is 11.3 Å². The fourth-order valence-electron chi connectivity index (χ4n) is 3.28. The first-order chi connectivity index (χ1) is 11.0. The summed E-state index contributed by atoms with van der Waals surface area (Å²) in [4.78, 5) is 7.08. The van der Waals surface area contributed by atoms with Crippen molar-refractivity contribution in [3.05, 3.63) is 52.7 Å². The molecule has 2 heterocycles. The van der Waals surface area contributed by atoms with Gasteiger partial charge in [0.1, 0.15) is 0 Å². The zero-order chi connectivity index (χ0) is 16.4. The SMILES string of the molecule is Cc1cc(-c2cc(CN3CCC(N)CC3)ccn2)cc(C)c1C. The summed E-state index contributed by atoms with van der Waals surface area (Å²) >= 11 is 0. The minimum absolute atomic E-state index is 0.387. The Labute approximate surface area is 139 Å². The molecule has 0 bridgehead atoms. The second-order valence-electron chi connectivity index (χ2n) is 6.90. The number of nitrogens with two attached hydrogens (primary N) is 1. The van der Waals surface area contributed by atoms with Crippen molar-refractivity contribution in [1.82, 2.24) is 9.88 Å².